The maximum absolute atomic E-state index is 13.1. The molecule has 2 rings (SSSR count). The van der Waals surface area contributed by atoms with Crippen molar-refractivity contribution in [2.75, 3.05) is 6.54 Å². The normalized spacial score (nSPS) is 11.8. The van der Waals surface area contributed by atoms with E-state index in [2.05, 4.69) is 20.5 Å². The number of aromatic nitrogens is 3. The molecule has 1 heterocycles. The van der Waals surface area contributed by atoms with Crippen LogP contribution in [-0.4, -0.2) is 21.7 Å². The van der Waals surface area contributed by atoms with Gasteiger partial charge in [-0.3, -0.25) is 5.10 Å². The summed E-state index contributed by atoms with van der Waals surface area (Å²) < 4.78 is 50.7. The minimum atomic E-state index is -4.54. The zero-order valence-corrected chi connectivity index (χ0v) is 10.3. The van der Waals surface area contributed by atoms with Gasteiger partial charge in [-0.15, -0.1) is 0 Å². The fourth-order valence-electron chi connectivity index (χ4n) is 1.71. The molecule has 4 nitrogen and oxygen atoms in total. The SMILES string of the molecule is Fc1cc(CNCCc2ncn[nH]2)cc(C(F)(F)F)c1. The molecule has 1 aromatic heterocycles. The fourth-order valence-corrected chi connectivity index (χ4v) is 1.71. The zero-order valence-electron chi connectivity index (χ0n) is 10.3. The van der Waals surface area contributed by atoms with E-state index in [1.54, 1.807) is 0 Å². The molecule has 0 aliphatic heterocycles. The Labute approximate surface area is 112 Å². The molecule has 1 aromatic carbocycles. The third-order valence-electron chi connectivity index (χ3n) is 2.62. The van der Waals surface area contributed by atoms with Gasteiger partial charge in [-0.25, -0.2) is 9.37 Å². The second-order valence-corrected chi connectivity index (χ2v) is 4.20. The van der Waals surface area contributed by atoms with Crippen LogP contribution < -0.4 is 5.32 Å². The summed E-state index contributed by atoms with van der Waals surface area (Å²) in [5, 5.41) is 9.26. The topological polar surface area (TPSA) is 53.6 Å². The first kappa shape index (κ1) is 14.4. The largest absolute Gasteiger partial charge is 0.416 e. The predicted octanol–water partition coefficient (Wildman–Crippen LogP) is 2.29. The molecule has 0 spiro atoms. The molecule has 0 saturated carbocycles. The Morgan fingerprint density at radius 2 is 2.00 bits per heavy atom. The van der Waals surface area contributed by atoms with Crippen molar-refractivity contribution in [1.29, 1.82) is 0 Å². The van der Waals surface area contributed by atoms with Gasteiger partial charge in [-0.1, -0.05) is 0 Å². The molecule has 0 fully saturated rings. The quantitative estimate of drug-likeness (QED) is 0.655. The van der Waals surface area contributed by atoms with E-state index in [4.69, 9.17) is 0 Å². The van der Waals surface area contributed by atoms with Crippen LogP contribution in [0, 0.1) is 5.82 Å². The summed E-state index contributed by atoms with van der Waals surface area (Å²) in [6.45, 7) is 0.641. The highest BCUT2D eigenvalue weighted by molar-refractivity contribution is 5.26. The first-order valence-electron chi connectivity index (χ1n) is 5.87. The van der Waals surface area contributed by atoms with Crippen molar-refractivity contribution in [3.63, 3.8) is 0 Å². The standard InChI is InChI=1S/C12H12F4N4/c13-10-4-8(3-9(5-10)12(14,15)16)6-17-2-1-11-18-7-19-20-11/h3-5,7,17H,1-2,6H2,(H,18,19,20). The Morgan fingerprint density at radius 1 is 1.20 bits per heavy atom. The van der Waals surface area contributed by atoms with Gasteiger partial charge in [0.05, 0.1) is 5.56 Å². The lowest BCUT2D eigenvalue weighted by atomic mass is 10.1. The van der Waals surface area contributed by atoms with Gasteiger partial charge in [0.25, 0.3) is 0 Å². The molecule has 2 aromatic rings. The van der Waals surface area contributed by atoms with Crippen LogP contribution in [0.2, 0.25) is 0 Å². The van der Waals surface area contributed by atoms with Gasteiger partial charge in [-0.2, -0.15) is 18.3 Å². The van der Waals surface area contributed by atoms with Gasteiger partial charge in [0.15, 0.2) is 0 Å². The summed E-state index contributed by atoms with van der Waals surface area (Å²) in [7, 11) is 0. The summed E-state index contributed by atoms with van der Waals surface area (Å²) in [6, 6.07) is 2.50. The van der Waals surface area contributed by atoms with Crippen LogP contribution in [0.1, 0.15) is 17.0 Å². The molecule has 108 valence electrons. The lowest BCUT2D eigenvalue weighted by Gasteiger charge is -2.10. The number of rotatable bonds is 5. The van der Waals surface area contributed by atoms with E-state index in [0.717, 1.165) is 12.1 Å². The highest BCUT2D eigenvalue weighted by Crippen LogP contribution is 2.30. The van der Waals surface area contributed by atoms with Crippen LogP contribution in [0.25, 0.3) is 0 Å². The lowest BCUT2D eigenvalue weighted by molar-refractivity contribution is -0.137. The molecule has 2 N–H and O–H groups in total. The molecule has 0 saturated heterocycles. The molecule has 0 atom stereocenters. The Balaban J connectivity index is 1.91. The third kappa shape index (κ3) is 4.02. The van der Waals surface area contributed by atoms with Gasteiger partial charge < -0.3 is 5.32 Å². The zero-order chi connectivity index (χ0) is 14.6. The average Bonchev–Trinajstić information content (AvgIpc) is 2.86. The van der Waals surface area contributed by atoms with Gasteiger partial charge in [0.1, 0.15) is 18.0 Å². The van der Waals surface area contributed by atoms with Crippen molar-refractivity contribution in [2.45, 2.75) is 19.1 Å². The number of benzene rings is 1. The highest BCUT2D eigenvalue weighted by Gasteiger charge is 2.31. The number of nitrogens with one attached hydrogen (secondary N) is 2. The second kappa shape index (κ2) is 6.00. The maximum atomic E-state index is 13.1. The van der Waals surface area contributed by atoms with E-state index < -0.39 is 17.6 Å². The van der Waals surface area contributed by atoms with E-state index in [-0.39, 0.29) is 12.1 Å². The summed E-state index contributed by atoms with van der Waals surface area (Å²) in [4.78, 5) is 3.91. The summed E-state index contributed by atoms with van der Waals surface area (Å²) >= 11 is 0. The summed E-state index contributed by atoms with van der Waals surface area (Å²) in [6.07, 6.45) is -2.62. The minimum absolute atomic E-state index is 0.148. The van der Waals surface area contributed by atoms with Crippen molar-refractivity contribution < 1.29 is 17.6 Å². The number of halogens is 4. The van der Waals surface area contributed by atoms with Crippen LogP contribution in [0.3, 0.4) is 0 Å². The van der Waals surface area contributed by atoms with Crippen molar-refractivity contribution in [3.05, 3.63) is 47.3 Å². The molecule has 0 bridgehead atoms. The van der Waals surface area contributed by atoms with Gasteiger partial charge in [0, 0.05) is 19.5 Å². The number of aromatic amines is 1. The van der Waals surface area contributed by atoms with E-state index in [1.165, 1.54) is 6.33 Å². The number of H-pyrrole nitrogens is 1. The third-order valence-corrected chi connectivity index (χ3v) is 2.62. The number of nitrogens with zero attached hydrogens (tertiary/aromatic N) is 2. The molecule has 8 heteroatoms. The van der Waals surface area contributed by atoms with E-state index in [1.807, 2.05) is 0 Å². The maximum Gasteiger partial charge on any atom is 0.416 e. The van der Waals surface area contributed by atoms with Crippen molar-refractivity contribution in [1.82, 2.24) is 20.5 Å². The minimum Gasteiger partial charge on any atom is -0.312 e. The lowest BCUT2D eigenvalue weighted by Crippen LogP contribution is -2.18. The van der Waals surface area contributed by atoms with E-state index in [0.29, 0.717) is 24.9 Å². The van der Waals surface area contributed by atoms with Crippen molar-refractivity contribution in [2.24, 2.45) is 0 Å². The van der Waals surface area contributed by atoms with Crippen LogP contribution in [0.15, 0.2) is 24.5 Å². The molecule has 0 aliphatic rings. The predicted molar refractivity (Wildman–Crippen MR) is 63.2 cm³/mol. The summed E-state index contributed by atoms with van der Waals surface area (Å²) in [5.74, 6) is -0.223. The highest BCUT2D eigenvalue weighted by atomic mass is 19.4. The summed E-state index contributed by atoms with van der Waals surface area (Å²) in [5.41, 5.74) is -0.737. The Kier molecular flexibility index (Phi) is 4.33. The van der Waals surface area contributed by atoms with Crippen LogP contribution in [-0.2, 0) is 19.1 Å². The average molecular weight is 288 g/mol. The Morgan fingerprint density at radius 3 is 2.65 bits per heavy atom. The molecule has 0 aliphatic carbocycles. The Bertz CT molecular complexity index is 551. The monoisotopic (exact) mass is 288 g/mol. The molecule has 0 amide bonds. The van der Waals surface area contributed by atoms with E-state index >= 15 is 0 Å². The fraction of sp³-hybridized carbons (Fsp3) is 0.333. The number of hydrogen-bond donors (Lipinski definition) is 2. The molecule has 0 radical (unpaired) electrons. The second-order valence-electron chi connectivity index (χ2n) is 4.20. The van der Waals surface area contributed by atoms with Crippen molar-refractivity contribution in [3.8, 4) is 0 Å². The molecule has 20 heavy (non-hydrogen) atoms. The van der Waals surface area contributed by atoms with Gasteiger partial charge >= 0.3 is 6.18 Å². The van der Waals surface area contributed by atoms with Crippen LogP contribution in [0.4, 0.5) is 17.6 Å². The first-order valence-corrected chi connectivity index (χ1v) is 5.87. The molecule has 0 unspecified atom stereocenters. The van der Waals surface area contributed by atoms with Gasteiger partial charge in [0.2, 0.25) is 0 Å². The Hall–Kier alpha value is -1.96. The van der Waals surface area contributed by atoms with E-state index in [9.17, 15) is 17.6 Å². The molecular weight excluding hydrogens is 276 g/mol. The smallest absolute Gasteiger partial charge is 0.312 e. The van der Waals surface area contributed by atoms with Crippen molar-refractivity contribution >= 4 is 0 Å². The number of hydrogen-bond acceptors (Lipinski definition) is 3. The van der Waals surface area contributed by atoms with Crippen LogP contribution in [0.5, 0.6) is 0 Å². The molecular formula is C12H12F4N4. The first-order chi connectivity index (χ1) is 9.45. The van der Waals surface area contributed by atoms with Crippen LogP contribution >= 0.6 is 0 Å². The van der Waals surface area contributed by atoms with Gasteiger partial charge in [-0.05, 0) is 23.8 Å². The number of alkyl halides is 3.